The van der Waals surface area contributed by atoms with Crippen LogP contribution in [0.25, 0.3) is 0 Å². The fourth-order valence-electron chi connectivity index (χ4n) is 2.16. The molecule has 104 valence electrons. The van der Waals surface area contributed by atoms with Gasteiger partial charge in [0.15, 0.2) is 0 Å². The van der Waals surface area contributed by atoms with Gasteiger partial charge in [-0.1, -0.05) is 6.92 Å². The first kappa shape index (κ1) is 14.9. The van der Waals surface area contributed by atoms with Crippen LogP contribution in [0, 0.1) is 5.92 Å². The van der Waals surface area contributed by atoms with E-state index in [0.29, 0.717) is 38.8 Å². The van der Waals surface area contributed by atoms with E-state index in [1.165, 1.54) is 5.06 Å². The molecule has 2 atom stereocenters. The molecule has 0 aromatic rings. The molecule has 6 heteroatoms. The SMILES string of the molecule is CCC(CCCON1CCC[C@H]1C(=O)O)C(=O)O. The zero-order valence-corrected chi connectivity index (χ0v) is 10.7. The molecule has 0 radical (unpaired) electrons. The molecule has 1 aliphatic heterocycles. The average molecular weight is 259 g/mol. The van der Waals surface area contributed by atoms with Crippen LogP contribution in [-0.4, -0.2) is 46.4 Å². The maximum Gasteiger partial charge on any atom is 0.323 e. The molecule has 0 bridgehead atoms. The summed E-state index contributed by atoms with van der Waals surface area (Å²) >= 11 is 0. The summed E-state index contributed by atoms with van der Waals surface area (Å²) in [5.74, 6) is -1.96. The predicted octanol–water partition coefficient (Wildman–Crippen LogP) is 1.36. The minimum Gasteiger partial charge on any atom is -0.481 e. The summed E-state index contributed by atoms with van der Waals surface area (Å²) in [6.07, 6.45) is 3.24. The Hall–Kier alpha value is -1.14. The Kier molecular flexibility index (Phi) is 6.07. The molecule has 0 amide bonds. The molecule has 1 aliphatic rings. The third kappa shape index (κ3) is 4.27. The number of nitrogens with zero attached hydrogens (tertiary/aromatic N) is 1. The Balaban J connectivity index is 2.21. The van der Waals surface area contributed by atoms with Crippen LogP contribution >= 0.6 is 0 Å². The van der Waals surface area contributed by atoms with E-state index in [9.17, 15) is 9.59 Å². The van der Waals surface area contributed by atoms with Crippen molar-refractivity contribution >= 4 is 11.9 Å². The van der Waals surface area contributed by atoms with Crippen LogP contribution in [-0.2, 0) is 14.4 Å². The normalized spacial score (nSPS) is 21.9. The smallest absolute Gasteiger partial charge is 0.323 e. The van der Waals surface area contributed by atoms with Gasteiger partial charge in [-0.15, -0.1) is 0 Å². The number of rotatable bonds is 8. The van der Waals surface area contributed by atoms with Crippen LogP contribution in [0.1, 0.15) is 39.0 Å². The quantitative estimate of drug-likeness (QED) is 0.640. The second-order valence-corrected chi connectivity index (χ2v) is 4.56. The van der Waals surface area contributed by atoms with Gasteiger partial charge in [0.1, 0.15) is 6.04 Å². The summed E-state index contributed by atoms with van der Waals surface area (Å²) < 4.78 is 0. The van der Waals surface area contributed by atoms with Gasteiger partial charge in [-0.05, 0) is 32.1 Å². The molecule has 0 spiro atoms. The molecule has 1 saturated heterocycles. The van der Waals surface area contributed by atoms with Gasteiger partial charge in [-0.25, -0.2) is 0 Å². The first-order chi connectivity index (χ1) is 8.56. The Morgan fingerprint density at radius 3 is 2.72 bits per heavy atom. The molecule has 1 heterocycles. The van der Waals surface area contributed by atoms with E-state index in [4.69, 9.17) is 15.1 Å². The molecular formula is C12H21NO5. The molecule has 0 aromatic carbocycles. The summed E-state index contributed by atoms with van der Waals surface area (Å²) in [6.45, 7) is 2.86. The highest BCUT2D eigenvalue weighted by Crippen LogP contribution is 2.18. The van der Waals surface area contributed by atoms with Gasteiger partial charge >= 0.3 is 11.9 Å². The van der Waals surface area contributed by atoms with E-state index in [0.717, 1.165) is 6.42 Å². The molecule has 1 unspecified atom stereocenters. The van der Waals surface area contributed by atoms with Gasteiger partial charge in [0, 0.05) is 6.54 Å². The summed E-state index contributed by atoms with van der Waals surface area (Å²) in [5.41, 5.74) is 0. The van der Waals surface area contributed by atoms with Crippen molar-refractivity contribution in [3.8, 4) is 0 Å². The van der Waals surface area contributed by atoms with Gasteiger partial charge in [0.25, 0.3) is 0 Å². The number of hydroxylamine groups is 2. The number of hydrogen-bond acceptors (Lipinski definition) is 4. The highest BCUT2D eigenvalue weighted by Gasteiger charge is 2.31. The van der Waals surface area contributed by atoms with Crippen molar-refractivity contribution in [2.24, 2.45) is 5.92 Å². The van der Waals surface area contributed by atoms with Crippen LogP contribution in [0.3, 0.4) is 0 Å². The lowest BCUT2D eigenvalue weighted by Gasteiger charge is -2.20. The Labute approximate surface area is 106 Å². The fraction of sp³-hybridized carbons (Fsp3) is 0.833. The monoisotopic (exact) mass is 259 g/mol. The van der Waals surface area contributed by atoms with E-state index in [1.807, 2.05) is 6.92 Å². The highest BCUT2D eigenvalue weighted by atomic mass is 16.7. The average Bonchev–Trinajstić information content (AvgIpc) is 2.77. The van der Waals surface area contributed by atoms with Crippen LogP contribution in [0.4, 0.5) is 0 Å². The van der Waals surface area contributed by atoms with E-state index in [-0.39, 0.29) is 5.92 Å². The van der Waals surface area contributed by atoms with Gasteiger partial charge in [0.05, 0.1) is 12.5 Å². The molecule has 1 rings (SSSR count). The first-order valence-corrected chi connectivity index (χ1v) is 6.41. The van der Waals surface area contributed by atoms with Crippen LogP contribution in [0.2, 0.25) is 0 Å². The van der Waals surface area contributed by atoms with Crippen molar-refractivity contribution in [2.75, 3.05) is 13.2 Å². The molecule has 0 aromatic heterocycles. The predicted molar refractivity (Wildman–Crippen MR) is 64.0 cm³/mol. The second-order valence-electron chi connectivity index (χ2n) is 4.56. The molecular weight excluding hydrogens is 238 g/mol. The topological polar surface area (TPSA) is 87.1 Å². The van der Waals surface area contributed by atoms with Crippen molar-refractivity contribution in [1.82, 2.24) is 5.06 Å². The van der Waals surface area contributed by atoms with Gasteiger partial charge in [-0.3, -0.25) is 14.4 Å². The van der Waals surface area contributed by atoms with Crippen molar-refractivity contribution in [2.45, 2.75) is 45.1 Å². The summed E-state index contributed by atoms with van der Waals surface area (Å²) in [7, 11) is 0. The Morgan fingerprint density at radius 2 is 2.17 bits per heavy atom. The number of hydrogen-bond donors (Lipinski definition) is 2. The first-order valence-electron chi connectivity index (χ1n) is 6.41. The van der Waals surface area contributed by atoms with Gasteiger partial charge in [-0.2, -0.15) is 5.06 Å². The largest absolute Gasteiger partial charge is 0.481 e. The lowest BCUT2D eigenvalue weighted by molar-refractivity contribution is -0.186. The van der Waals surface area contributed by atoms with Crippen molar-refractivity contribution < 1.29 is 24.6 Å². The third-order valence-corrected chi connectivity index (χ3v) is 3.28. The van der Waals surface area contributed by atoms with Crippen LogP contribution < -0.4 is 0 Å². The molecule has 6 nitrogen and oxygen atoms in total. The van der Waals surface area contributed by atoms with Crippen molar-refractivity contribution in [1.29, 1.82) is 0 Å². The lowest BCUT2D eigenvalue weighted by Crippen LogP contribution is -2.36. The summed E-state index contributed by atoms with van der Waals surface area (Å²) in [6, 6.07) is -0.550. The fourth-order valence-corrected chi connectivity index (χ4v) is 2.16. The highest BCUT2D eigenvalue weighted by molar-refractivity contribution is 5.73. The second kappa shape index (κ2) is 7.33. The van der Waals surface area contributed by atoms with Crippen LogP contribution in [0.5, 0.6) is 0 Å². The Bertz CT molecular complexity index is 294. The number of carbonyl (C=O) groups is 2. The number of aliphatic carboxylic acids is 2. The van der Waals surface area contributed by atoms with E-state index >= 15 is 0 Å². The minimum atomic E-state index is -0.857. The van der Waals surface area contributed by atoms with E-state index in [1.54, 1.807) is 0 Å². The molecule has 0 aliphatic carbocycles. The Morgan fingerprint density at radius 1 is 1.44 bits per heavy atom. The van der Waals surface area contributed by atoms with Crippen molar-refractivity contribution in [3.63, 3.8) is 0 Å². The number of carboxylic acids is 2. The van der Waals surface area contributed by atoms with Gasteiger partial charge in [0.2, 0.25) is 0 Å². The standard InChI is InChI=1S/C12H21NO5/c1-2-9(11(14)15)5-4-8-18-13-7-3-6-10(13)12(16)17/h9-10H,2-8H2,1H3,(H,14,15)(H,16,17)/t9?,10-/m0/s1. The summed E-state index contributed by atoms with van der Waals surface area (Å²) in [5, 5.41) is 19.3. The molecule has 0 saturated carbocycles. The summed E-state index contributed by atoms with van der Waals surface area (Å²) in [4.78, 5) is 27.1. The third-order valence-electron chi connectivity index (χ3n) is 3.28. The zero-order valence-electron chi connectivity index (χ0n) is 10.7. The van der Waals surface area contributed by atoms with Gasteiger partial charge < -0.3 is 10.2 Å². The van der Waals surface area contributed by atoms with E-state index < -0.39 is 18.0 Å². The maximum atomic E-state index is 10.9. The molecule has 1 fully saturated rings. The minimum absolute atomic E-state index is 0.331. The molecule has 2 N–H and O–H groups in total. The maximum absolute atomic E-state index is 10.9. The van der Waals surface area contributed by atoms with Crippen LogP contribution in [0.15, 0.2) is 0 Å². The molecule has 18 heavy (non-hydrogen) atoms. The lowest BCUT2D eigenvalue weighted by atomic mass is 10.0. The zero-order chi connectivity index (χ0) is 13.5. The number of carboxylic acid groups (broad SMARTS) is 2. The van der Waals surface area contributed by atoms with E-state index in [2.05, 4.69) is 0 Å². The van der Waals surface area contributed by atoms with Crippen molar-refractivity contribution in [3.05, 3.63) is 0 Å².